The summed E-state index contributed by atoms with van der Waals surface area (Å²) in [5, 5.41) is 3.05. The molecular formula is C15H22BrN3O. The number of nitrogens with zero attached hydrogens (tertiary/aromatic N) is 2. The van der Waals surface area contributed by atoms with Crippen LogP contribution in [0.25, 0.3) is 0 Å². The lowest BCUT2D eigenvalue weighted by molar-refractivity contribution is 0.0942. The SMILES string of the molecule is O=C(NCCCN1CCCC1)c1cc(Br)cn1C1CC1. The van der Waals surface area contributed by atoms with Crippen molar-refractivity contribution in [3.05, 3.63) is 22.4 Å². The average molecular weight is 340 g/mol. The molecule has 0 bridgehead atoms. The monoisotopic (exact) mass is 339 g/mol. The van der Waals surface area contributed by atoms with Crippen LogP contribution < -0.4 is 5.32 Å². The number of likely N-dealkylation sites (tertiary alicyclic amines) is 1. The molecule has 5 heteroatoms. The summed E-state index contributed by atoms with van der Waals surface area (Å²) in [5.74, 6) is 0.0593. The van der Waals surface area contributed by atoms with Gasteiger partial charge in [0.2, 0.25) is 0 Å². The first-order chi connectivity index (χ1) is 9.74. The highest BCUT2D eigenvalue weighted by atomic mass is 79.9. The van der Waals surface area contributed by atoms with Crippen molar-refractivity contribution in [3.8, 4) is 0 Å². The third kappa shape index (κ3) is 3.44. The van der Waals surface area contributed by atoms with E-state index in [-0.39, 0.29) is 5.91 Å². The molecule has 1 saturated heterocycles. The van der Waals surface area contributed by atoms with E-state index >= 15 is 0 Å². The highest BCUT2D eigenvalue weighted by molar-refractivity contribution is 9.10. The van der Waals surface area contributed by atoms with Crippen LogP contribution >= 0.6 is 15.9 Å². The fraction of sp³-hybridized carbons (Fsp3) is 0.667. The van der Waals surface area contributed by atoms with Crippen LogP contribution in [0.15, 0.2) is 16.7 Å². The molecule has 1 saturated carbocycles. The third-order valence-electron chi connectivity index (χ3n) is 4.12. The predicted molar refractivity (Wildman–Crippen MR) is 83.0 cm³/mol. The first kappa shape index (κ1) is 14.1. The van der Waals surface area contributed by atoms with E-state index in [0.717, 1.165) is 29.7 Å². The van der Waals surface area contributed by atoms with Crippen LogP contribution in [-0.2, 0) is 0 Å². The number of amides is 1. The fourth-order valence-corrected chi connectivity index (χ4v) is 3.32. The van der Waals surface area contributed by atoms with Gasteiger partial charge in [-0.3, -0.25) is 4.79 Å². The first-order valence-corrected chi connectivity index (χ1v) is 8.41. The zero-order valence-electron chi connectivity index (χ0n) is 11.8. The molecule has 0 spiro atoms. The Labute approximate surface area is 128 Å². The van der Waals surface area contributed by atoms with E-state index in [9.17, 15) is 4.79 Å². The number of carbonyl (C=O) groups is 1. The Morgan fingerprint density at radius 2 is 2.10 bits per heavy atom. The molecule has 1 aromatic rings. The van der Waals surface area contributed by atoms with Crippen LogP contribution in [0.5, 0.6) is 0 Å². The molecule has 2 fully saturated rings. The first-order valence-electron chi connectivity index (χ1n) is 7.62. The zero-order valence-corrected chi connectivity index (χ0v) is 13.4. The topological polar surface area (TPSA) is 37.3 Å². The van der Waals surface area contributed by atoms with Crippen molar-refractivity contribution in [3.63, 3.8) is 0 Å². The van der Waals surface area contributed by atoms with Crippen molar-refractivity contribution in [1.82, 2.24) is 14.8 Å². The van der Waals surface area contributed by atoms with Crippen LogP contribution in [0.4, 0.5) is 0 Å². The van der Waals surface area contributed by atoms with E-state index < -0.39 is 0 Å². The van der Waals surface area contributed by atoms with E-state index in [1.54, 1.807) is 0 Å². The van der Waals surface area contributed by atoms with Crippen molar-refractivity contribution in [1.29, 1.82) is 0 Å². The minimum atomic E-state index is 0.0593. The molecule has 0 unspecified atom stereocenters. The molecule has 110 valence electrons. The summed E-state index contributed by atoms with van der Waals surface area (Å²) in [5.41, 5.74) is 0.792. The summed E-state index contributed by atoms with van der Waals surface area (Å²) in [7, 11) is 0. The maximum Gasteiger partial charge on any atom is 0.267 e. The average Bonchev–Trinajstić information content (AvgIpc) is 3.00. The Balaban J connectivity index is 1.46. The lowest BCUT2D eigenvalue weighted by atomic mass is 10.3. The smallest absolute Gasteiger partial charge is 0.267 e. The molecule has 1 aliphatic carbocycles. The largest absolute Gasteiger partial charge is 0.351 e. The Hall–Kier alpha value is -0.810. The van der Waals surface area contributed by atoms with Gasteiger partial charge in [-0.1, -0.05) is 0 Å². The second-order valence-corrected chi connectivity index (χ2v) is 6.76. The number of hydrogen-bond donors (Lipinski definition) is 1. The van der Waals surface area contributed by atoms with E-state index in [1.807, 2.05) is 12.3 Å². The van der Waals surface area contributed by atoms with Crippen LogP contribution in [0.1, 0.15) is 48.6 Å². The third-order valence-corrected chi connectivity index (χ3v) is 4.56. The van der Waals surface area contributed by atoms with Crippen LogP contribution in [-0.4, -0.2) is 41.6 Å². The highest BCUT2D eigenvalue weighted by Crippen LogP contribution is 2.37. The van der Waals surface area contributed by atoms with Crippen LogP contribution in [0, 0.1) is 0 Å². The number of rotatable bonds is 6. The minimum absolute atomic E-state index is 0.0593. The molecule has 0 atom stereocenters. The summed E-state index contributed by atoms with van der Waals surface area (Å²) in [4.78, 5) is 14.7. The van der Waals surface area contributed by atoms with Gasteiger partial charge in [0.05, 0.1) is 0 Å². The van der Waals surface area contributed by atoms with Gasteiger partial charge < -0.3 is 14.8 Å². The van der Waals surface area contributed by atoms with Gasteiger partial charge in [-0.25, -0.2) is 0 Å². The van der Waals surface area contributed by atoms with Gasteiger partial charge in [0.1, 0.15) is 5.69 Å². The summed E-state index contributed by atoms with van der Waals surface area (Å²) < 4.78 is 3.10. The standard InChI is InChI=1S/C15H22BrN3O/c16-12-10-14(19(11-12)13-4-5-13)15(20)17-6-3-9-18-7-1-2-8-18/h10-11,13H,1-9H2,(H,17,20). The van der Waals surface area contributed by atoms with Crippen molar-refractivity contribution in [2.75, 3.05) is 26.2 Å². The van der Waals surface area contributed by atoms with Crippen LogP contribution in [0.3, 0.4) is 0 Å². The number of aromatic nitrogens is 1. The number of nitrogens with one attached hydrogen (secondary N) is 1. The lowest BCUT2D eigenvalue weighted by Crippen LogP contribution is -2.29. The Kier molecular flexibility index (Phi) is 4.46. The zero-order chi connectivity index (χ0) is 13.9. The molecule has 20 heavy (non-hydrogen) atoms. The van der Waals surface area contributed by atoms with Gasteiger partial charge in [-0.15, -0.1) is 0 Å². The minimum Gasteiger partial charge on any atom is -0.351 e. The fourth-order valence-electron chi connectivity index (χ4n) is 2.88. The van der Waals surface area contributed by atoms with Crippen molar-refractivity contribution in [2.45, 2.75) is 38.1 Å². The number of hydrogen-bond acceptors (Lipinski definition) is 2. The summed E-state index contributed by atoms with van der Waals surface area (Å²) in [6.07, 6.45) is 8.10. The molecule has 1 amide bonds. The molecular weight excluding hydrogens is 318 g/mol. The Bertz CT molecular complexity index is 475. The lowest BCUT2D eigenvalue weighted by Gasteiger charge is -2.14. The predicted octanol–water partition coefficient (Wildman–Crippen LogP) is 2.80. The van der Waals surface area contributed by atoms with Crippen molar-refractivity contribution in [2.24, 2.45) is 0 Å². The van der Waals surface area contributed by atoms with Crippen molar-refractivity contribution < 1.29 is 4.79 Å². The number of carbonyl (C=O) groups excluding carboxylic acids is 1. The molecule has 1 aliphatic heterocycles. The maximum atomic E-state index is 12.2. The summed E-state index contributed by atoms with van der Waals surface area (Å²) in [6, 6.07) is 2.46. The second kappa shape index (κ2) is 6.31. The molecule has 0 aromatic carbocycles. The van der Waals surface area contributed by atoms with Gasteiger partial charge in [0.15, 0.2) is 0 Å². The molecule has 2 aliphatic rings. The molecule has 1 N–H and O–H groups in total. The maximum absolute atomic E-state index is 12.2. The van der Waals surface area contributed by atoms with E-state index in [0.29, 0.717) is 6.04 Å². The molecule has 2 heterocycles. The van der Waals surface area contributed by atoms with Gasteiger partial charge in [0.25, 0.3) is 5.91 Å². The molecule has 1 aromatic heterocycles. The van der Waals surface area contributed by atoms with E-state index in [4.69, 9.17) is 0 Å². The van der Waals surface area contributed by atoms with Crippen LogP contribution in [0.2, 0.25) is 0 Å². The summed E-state index contributed by atoms with van der Waals surface area (Å²) in [6.45, 7) is 4.33. The quantitative estimate of drug-likeness (QED) is 0.809. The highest BCUT2D eigenvalue weighted by Gasteiger charge is 2.27. The van der Waals surface area contributed by atoms with Gasteiger partial charge >= 0.3 is 0 Å². The molecule has 4 nitrogen and oxygen atoms in total. The molecule has 3 rings (SSSR count). The Morgan fingerprint density at radius 1 is 1.35 bits per heavy atom. The van der Waals surface area contributed by atoms with E-state index in [1.165, 1.54) is 38.8 Å². The number of halogens is 1. The van der Waals surface area contributed by atoms with Gasteiger partial charge in [-0.05, 0) is 73.7 Å². The van der Waals surface area contributed by atoms with Gasteiger partial charge in [0, 0.05) is 23.3 Å². The van der Waals surface area contributed by atoms with Crippen molar-refractivity contribution >= 4 is 21.8 Å². The molecule has 0 radical (unpaired) electrons. The second-order valence-electron chi connectivity index (χ2n) is 5.84. The Morgan fingerprint density at radius 3 is 2.80 bits per heavy atom. The summed E-state index contributed by atoms with van der Waals surface area (Å²) >= 11 is 3.47. The normalized spacial score (nSPS) is 19.4. The van der Waals surface area contributed by atoms with E-state index in [2.05, 4.69) is 30.7 Å². The van der Waals surface area contributed by atoms with Gasteiger partial charge in [-0.2, -0.15) is 0 Å².